The molecule has 1 aromatic rings. The molecule has 0 bridgehead atoms. The number of aliphatic hydroxyl groups excluding tert-OH is 1. The van der Waals surface area contributed by atoms with Gasteiger partial charge in [-0.05, 0) is 39.2 Å². The van der Waals surface area contributed by atoms with Gasteiger partial charge in [0, 0.05) is 50.2 Å². The third-order valence-electron chi connectivity index (χ3n) is 5.55. The van der Waals surface area contributed by atoms with Gasteiger partial charge in [0.25, 0.3) is 5.91 Å². The molecular formula is C24H33ClN6O2S. The Kier molecular flexibility index (Phi) is 9.46. The van der Waals surface area contributed by atoms with Crippen molar-refractivity contribution in [2.24, 2.45) is 4.99 Å². The van der Waals surface area contributed by atoms with Gasteiger partial charge in [0.15, 0.2) is 5.13 Å². The number of anilines is 1. The van der Waals surface area contributed by atoms with E-state index in [-0.39, 0.29) is 12.5 Å². The summed E-state index contributed by atoms with van der Waals surface area (Å²) in [4.78, 5) is 26.6. The molecule has 0 unspecified atom stereocenters. The number of piperazine rings is 1. The summed E-state index contributed by atoms with van der Waals surface area (Å²) in [5.41, 5.74) is 3.49. The molecule has 2 heterocycles. The summed E-state index contributed by atoms with van der Waals surface area (Å²) < 4.78 is 0. The summed E-state index contributed by atoms with van der Waals surface area (Å²) in [6.07, 6.45) is 7.13. The molecule has 34 heavy (non-hydrogen) atoms. The molecule has 1 saturated heterocycles. The normalized spacial score (nSPS) is 17.4. The Balaban J connectivity index is 1.67. The first-order chi connectivity index (χ1) is 16.3. The maximum atomic E-state index is 12.8. The van der Waals surface area contributed by atoms with Gasteiger partial charge in [0.1, 0.15) is 10.7 Å². The zero-order valence-corrected chi connectivity index (χ0v) is 21.6. The van der Waals surface area contributed by atoms with E-state index in [0.717, 1.165) is 56.0 Å². The van der Waals surface area contributed by atoms with E-state index in [2.05, 4.69) is 37.0 Å². The Hall–Kier alpha value is -2.46. The Labute approximate surface area is 210 Å². The molecule has 1 fully saturated rings. The van der Waals surface area contributed by atoms with Crippen molar-refractivity contribution in [3.8, 4) is 0 Å². The minimum absolute atomic E-state index is 0.175. The Bertz CT molecular complexity index is 1030. The van der Waals surface area contributed by atoms with E-state index in [1.807, 2.05) is 32.9 Å². The number of aromatic nitrogens is 1. The average molecular weight is 505 g/mol. The molecule has 10 heteroatoms. The van der Waals surface area contributed by atoms with Crippen LogP contribution in [0.2, 0.25) is 0 Å². The second-order valence-corrected chi connectivity index (χ2v) is 9.92. The van der Waals surface area contributed by atoms with Crippen LogP contribution in [0.1, 0.15) is 43.3 Å². The number of allylic oxidation sites excluding steroid dienone is 4. The number of thiazole rings is 1. The van der Waals surface area contributed by atoms with Crippen molar-refractivity contribution in [3.63, 3.8) is 0 Å². The molecule has 3 rings (SSSR count). The SMILES string of the molecule is C=C(/C=C(\N=C(C)C)Nc1ncc(C(=O)NC2=C(C)CCC=C2Cl)s1)N1CCN(CCO)CC1. The van der Waals surface area contributed by atoms with Crippen LogP contribution >= 0.6 is 22.9 Å². The number of aliphatic imine (C=N–C) groups is 1. The Morgan fingerprint density at radius 1 is 1.32 bits per heavy atom. The summed E-state index contributed by atoms with van der Waals surface area (Å²) in [6.45, 7) is 14.3. The molecule has 0 saturated carbocycles. The van der Waals surface area contributed by atoms with E-state index < -0.39 is 0 Å². The van der Waals surface area contributed by atoms with Crippen molar-refractivity contribution in [2.75, 3.05) is 44.6 Å². The highest BCUT2D eigenvalue weighted by molar-refractivity contribution is 7.17. The number of hydrogen-bond acceptors (Lipinski definition) is 8. The molecule has 1 aliphatic heterocycles. The van der Waals surface area contributed by atoms with Gasteiger partial charge in [-0.15, -0.1) is 0 Å². The van der Waals surface area contributed by atoms with E-state index in [0.29, 0.717) is 33.1 Å². The lowest BCUT2D eigenvalue weighted by molar-refractivity contribution is 0.0970. The summed E-state index contributed by atoms with van der Waals surface area (Å²) in [5.74, 6) is 0.375. The number of amides is 1. The van der Waals surface area contributed by atoms with Crippen LogP contribution in [0.3, 0.4) is 0 Å². The molecule has 8 nitrogen and oxygen atoms in total. The number of nitrogens with zero attached hydrogens (tertiary/aromatic N) is 4. The highest BCUT2D eigenvalue weighted by Crippen LogP contribution is 2.27. The average Bonchev–Trinajstić information content (AvgIpc) is 3.25. The van der Waals surface area contributed by atoms with E-state index >= 15 is 0 Å². The largest absolute Gasteiger partial charge is 0.395 e. The molecule has 1 aromatic heterocycles. The molecule has 0 spiro atoms. The van der Waals surface area contributed by atoms with Gasteiger partial charge in [-0.25, -0.2) is 9.98 Å². The van der Waals surface area contributed by atoms with Crippen molar-refractivity contribution < 1.29 is 9.90 Å². The van der Waals surface area contributed by atoms with Gasteiger partial charge in [-0.2, -0.15) is 0 Å². The number of nitrogens with one attached hydrogen (secondary N) is 2. The third-order valence-corrected chi connectivity index (χ3v) is 6.81. The first kappa shape index (κ1) is 26.2. The maximum Gasteiger partial charge on any atom is 0.267 e. The predicted octanol–water partition coefficient (Wildman–Crippen LogP) is 3.92. The number of hydrogen-bond donors (Lipinski definition) is 3. The molecule has 184 valence electrons. The van der Waals surface area contributed by atoms with Crippen molar-refractivity contribution in [1.82, 2.24) is 20.1 Å². The fraction of sp³-hybridized carbons (Fsp3) is 0.458. The highest BCUT2D eigenvalue weighted by atomic mass is 35.5. The van der Waals surface area contributed by atoms with Crippen LogP contribution in [0.15, 0.2) is 57.7 Å². The number of β-amino-alcohol motifs (C(OH)–C–C–N with tert-alkyl or cyclic N) is 1. The minimum Gasteiger partial charge on any atom is -0.395 e. The van der Waals surface area contributed by atoms with Crippen molar-refractivity contribution in [2.45, 2.75) is 33.6 Å². The van der Waals surface area contributed by atoms with Crippen LogP contribution in [-0.4, -0.2) is 70.8 Å². The third kappa shape index (κ3) is 7.27. The van der Waals surface area contributed by atoms with Gasteiger partial charge in [0.2, 0.25) is 0 Å². The lowest BCUT2D eigenvalue weighted by Gasteiger charge is -2.36. The first-order valence-electron chi connectivity index (χ1n) is 11.4. The quantitative estimate of drug-likeness (QED) is 0.348. The lowest BCUT2D eigenvalue weighted by Crippen LogP contribution is -2.46. The topological polar surface area (TPSA) is 93.1 Å². The van der Waals surface area contributed by atoms with Crippen LogP contribution in [0, 0.1) is 0 Å². The van der Waals surface area contributed by atoms with Crippen LogP contribution in [0.4, 0.5) is 5.13 Å². The molecule has 0 aromatic carbocycles. The van der Waals surface area contributed by atoms with Gasteiger partial charge in [0.05, 0.1) is 23.5 Å². The van der Waals surface area contributed by atoms with E-state index in [1.165, 1.54) is 11.3 Å². The molecule has 0 atom stereocenters. The monoisotopic (exact) mass is 504 g/mol. The molecule has 2 aliphatic rings. The van der Waals surface area contributed by atoms with Crippen molar-refractivity contribution in [3.05, 3.63) is 57.6 Å². The van der Waals surface area contributed by atoms with Crippen molar-refractivity contribution in [1.29, 1.82) is 0 Å². The lowest BCUT2D eigenvalue weighted by atomic mass is 10.0. The zero-order chi connectivity index (χ0) is 24.7. The minimum atomic E-state index is -0.237. The van der Waals surface area contributed by atoms with Gasteiger partial charge >= 0.3 is 0 Å². The smallest absolute Gasteiger partial charge is 0.267 e. The summed E-state index contributed by atoms with van der Waals surface area (Å²) in [5, 5.41) is 16.4. The standard InChI is InChI=1S/C24H33ClN6O2S/c1-16(2)27-21(14-18(4)31-10-8-30(9-11-31)12-13-32)28-24-26-15-20(34-24)23(33)29-22-17(3)6-5-7-19(22)25/h7,14-15,32H,4-6,8-13H2,1-3H3,(H,26,28)(H,29,33)/b21-14+. The van der Waals surface area contributed by atoms with Crippen LogP contribution in [0.5, 0.6) is 0 Å². The number of carbonyl (C=O) groups excluding carboxylic acids is 1. The molecule has 1 amide bonds. The fourth-order valence-corrected chi connectivity index (χ4v) is 4.76. The second kappa shape index (κ2) is 12.3. The van der Waals surface area contributed by atoms with E-state index in [4.69, 9.17) is 16.7 Å². The highest BCUT2D eigenvalue weighted by Gasteiger charge is 2.19. The van der Waals surface area contributed by atoms with Crippen LogP contribution in [0.25, 0.3) is 0 Å². The molecule has 1 aliphatic carbocycles. The first-order valence-corrected chi connectivity index (χ1v) is 12.6. The van der Waals surface area contributed by atoms with E-state index in [9.17, 15) is 4.79 Å². The Morgan fingerprint density at radius 2 is 2.06 bits per heavy atom. The van der Waals surface area contributed by atoms with Crippen LogP contribution in [-0.2, 0) is 0 Å². The second-order valence-electron chi connectivity index (χ2n) is 8.49. The number of aliphatic hydroxyl groups is 1. The molecule has 3 N–H and O–H groups in total. The molecular weight excluding hydrogens is 472 g/mol. The van der Waals surface area contributed by atoms with Gasteiger partial charge in [-0.3, -0.25) is 9.69 Å². The summed E-state index contributed by atoms with van der Waals surface area (Å²) in [6, 6.07) is 0. The Morgan fingerprint density at radius 3 is 2.71 bits per heavy atom. The zero-order valence-electron chi connectivity index (χ0n) is 20.0. The summed E-state index contributed by atoms with van der Waals surface area (Å²) in [7, 11) is 0. The fourth-order valence-electron chi connectivity index (χ4n) is 3.72. The van der Waals surface area contributed by atoms with Gasteiger partial charge < -0.3 is 20.6 Å². The van der Waals surface area contributed by atoms with Crippen molar-refractivity contribution >= 4 is 39.7 Å². The van der Waals surface area contributed by atoms with Crippen LogP contribution < -0.4 is 10.6 Å². The van der Waals surface area contributed by atoms with E-state index in [1.54, 1.807) is 6.20 Å². The predicted molar refractivity (Wildman–Crippen MR) is 140 cm³/mol. The number of carbonyl (C=O) groups is 1. The van der Waals surface area contributed by atoms with Gasteiger partial charge in [-0.1, -0.05) is 35.6 Å². The maximum absolute atomic E-state index is 12.8. The number of rotatable bonds is 9. The molecule has 0 radical (unpaired) electrons. The number of halogens is 1. The summed E-state index contributed by atoms with van der Waals surface area (Å²) >= 11 is 7.54.